The SMILES string of the molecule is Cc1nc2cc(-c3cnc(NC(=O)C4CCOCC4)s3)ccc2c(=O)[nH]1. The van der Waals surface area contributed by atoms with E-state index in [9.17, 15) is 9.59 Å². The first-order valence-corrected chi connectivity index (χ1v) is 9.27. The number of carbonyl (C=O) groups is 1. The Balaban J connectivity index is 1.56. The highest BCUT2D eigenvalue weighted by Gasteiger charge is 2.22. The Kier molecular flexibility index (Phi) is 4.52. The molecule has 0 atom stereocenters. The third kappa shape index (κ3) is 3.38. The van der Waals surface area contributed by atoms with Gasteiger partial charge < -0.3 is 15.0 Å². The van der Waals surface area contributed by atoms with Crippen molar-refractivity contribution < 1.29 is 9.53 Å². The maximum absolute atomic E-state index is 12.3. The third-order valence-electron chi connectivity index (χ3n) is 4.44. The van der Waals surface area contributed by atoms with Gasteiger partial charge in [0.1, 0.15) is 5.82 Å². The number of amides is 1. The number of H-pyrrole nitrogens is 1. The number of aromatic amines is 1. The standard InChI is InChI=1S/C18H18N4O3S/c1-10-20-14-8-12(2-3-13(14)17(24)21-10)15-9-19-18(26-15)22-16(23)11-4-6-25-7-5-11/h2-3,8-9,11H,4-7H2,1H3,(H,19,22,23)(H,20,21,24). The second-order valence-corrected chi connectivity index (χ2v) is 7.32. The Morgan fingerprint density at radius 2 is 2.15 bits per heavy atom. The highest BCUT2D eigenvalue weighted by Crippen LogP contribution is 2.30. The minimum atomic E-state index is -0.146. The van der Waals surface area contributed by atoms with Gasteiger partial charge >= 0.3 is 0 Å². The largest absolute Gasteiger partial charge is 0.381 e. The van der Waals surface area contributed by atoms with Gasteiger partial charge in [0.2, 0.25) is 5.91 Å². The van der Waals surface area contributed by atoms with Gasteiger partial charge in [0.15, 0.2) is 5.13 Å². The molecule has 3 aromatic rings. The van der Waals surface area contributed by atoms with E-state index in [-0.39, 0.29) is 17.4 Å². The zero-order valence-electron chi connectivity index (χ0n) is 14.2. The van der Waals surface area contributed by atoms with Crippen LogP contribution in [0.3, 0.4) is 0 Å². The lowest BCUT2D eigenvalue weighted by Crippen LogP contribution is -2.28. The topological polar surface area (TPSA) is 97.0 Å². The summed E-state index contributed by atoms with van der Waals surface area (Å²) in [5.74, 6) is 0.556. The first-order valence-electron chi connectivity index (χ1n) is 8.45. The van der Waals surface area contributed by atoms with Crippen LogP contribution in [0.4, 0.5) is 5.13 Å². The van der Waals surface area contributed by atoms with Crippen molar-refractivity contribution in [1.82, 2.24) is 15.0 Å². The fourth-order valence-corrected chi connectivity index (χ4v) is 3.86. The van der Waals surface area contributed by atoms with Crippen molar-refractivity contribution in [2.75, 3.05) is 18.5 Å². The Bertz CT molecular complexity index is 1020. The van der Waals surface area contributed by atoms with Crippen LogP contribution in [-0.4, -0.2) is 34.1 Å². The zero-order chi connectivity index (χ0) is 18.1. The van der Waals surface area contributed by atoms with Crippen molar-refractivity contribution in [3.05, 3.63) is 40.6 Å². The number of hydrogen-bond donors (Lipinski definition) is 2. The molecule has 0 saturated carbocycles. The zero-order valence-corrected chi connectivity index (χ0v) is 15.1. The van der Waals surface area contributed by atoms with Gasteiger partial charge in [0, 0.05) is 25.3 Å². The Morgan fingerprint density at radius 3 is 2.96 bits per heavy atom. The lowest BCUT2D eigenvalue weighted by atomic mass is 10.00. The first-order chi connectivity index (χ1) is 12.6. The molecular weight excluding hydrogens is 352 g/mol. The Hall–Kier alpha value is -2.58. The van der Waals surface area contributed by atoms with Crippen LogP contribution in [0.15, 0.2) is 29.2 Å². The third-order valence-corrected chi connectivity index (χ3v) is 5.40. The van der Waals surface area contributed by atoms with Crippen LogP contribution in [0.1, 0.15) is 18.7 Å². The van der Waals surface area contributed by atoms with E-state index in [0.717, 1.165) is 23.3 Å². The van der Waals surface area contributed by atoms with Crippen molar-refractivity contribution in [3.8, 4) is 10.4 Å². The minimum Gasteiger partial charge on any atom is -0.381 e. The number of carbonyl (C=O) groups excluding carboxylic acids is 1. The number of anilines is 1. The number of nitrogens with one attached hydrogen (secondary N) is 2. The molecule has 0 bridgehead atoms. The molecule has 7 nitrogen and oxygen atoms in total. The minimum absolute atomic E-state index is 0.00321. The maximum Gasteiger partial charge on any atom is 0.258 e. The molecule has 4 rings (SSSR count). The summed E-state index contributed by atoms with van der Waals surface area (Å²) >= 11 is 1.41. The van der Waals surface area contributed by atoms with Crippen LogP contribution in [0.25, 0.3) is 21.3 Å². The molecule has 1 aliphatic rings. The summed E-state index contributed by atoms with van der Waals surface area (Å²) in [6, 6.07) is 5.50. The molecule has 1 aromatic carbocycles. The molecular formula is C18H18N4O3S. The quantitative estimate of drug-likeness (QED) is 0.739. The summed E-state index contributed by atoms with van der Waals surface area (Å²) < 4.78 is 5.29. The molecule has 2 N–H and O–H groups in total. The molecule has 1 amide bonds. The molecule has 0 spiro atoms. The maximum atomic E-state index is 12.3. The van der Waals surface area contributed by atoms with Gasteiger partial charge in [-0.3, -0.25) is 9.59 Å². The van der Waals surface area contributed by atoms with E-state index in [2.05, 4.69) is 20.3 Å². The summed E-state index contributed by atoms with van der Waals surface area (Å²) in [5.41, 5.74) is 1.41. The van der Waals surface area contributed by atoms with Gasteiger partial charge in [-0.1, -0.05) is 17.4 Å². The number of benzene rings is 1. The second-order valence-electron chi connectivity index (χ2n) is 6.29. The van der Waals surface area contributed by atoms with E-state index in [1.807, 2.05) is 12.1 Å². The molecule has 3 heterocycles. The summed E-state index contributed by atoms with van der Waals surface area (Å²) in [7, 11) is 0. The van der Waals surface area contributed by atoms with Crippen LogP contribution in [0, 0.1) is 12.8 Å². The van der Waals surface area contributed by atoms with Gasteiger partial charge in [-0.05, 0) is 37.5 Å². The number of hydrogen-bond acceptors (Lipinski definition) is 6. The van der Waals surface area contributed by atoms with Crippen molar-refractivity contribution in [2.24, 2.45) is 5.92 Å². The smallest absolute Gasteiger partial charge is 0.258 e. The summed E-state index contributed by atoms with van der Waals surface area (Å²) in [6.45, 7) is 3.01. The molecule has 1 fully saturated rings. The van der Waals surface area contributed by atoms with Crippen LogP contribution in [-0.2, 0) is 9.53 Å². The van der Waals surface area contributed by atoms with Crippen LogP contribution in [0.2, 0.25) is 0 Å². The number of nitrogens with zero attached hydrogens (tertiary/aromatic N) is 2. The highest BCUT2D eigenvalue weighted by molar-refractivity contribution is 7.19. The number of aromatic nitrogens is 3. The fourth-order valence-electron chi connectivity index (χ4n) is 3.04. The molecule has 0 aliphatic carbocycles. The number of rotatable bonds is 3. The number of ether oxygens (including phenoxy) is 1. The normalized spacial score (nSPS) is 15.3. The highest BCUT2D eigenvalue weighted by atomic mass is 32.1. The molecule has 2 aromatic heterocycles. The predicted octanol–water partition coefficient (Wildman–Crippen LogP) is 2.72. The van der Waals surface area contributed by atoms with Gasteiger partial charge in [0.05, 0.1) is 15.8 Å². The fraction of sp³-hybridized carbons (Fsp3) is 0.333. The lowest BCUT2D eigenvalue weighted by molar-refractivity contribution is -0.122. The van der Waals surface area contributed by atoms with Gasteiger partial charge in [-0.25, -0.2) is 9.97 Å². The first kappa shape index (κ1) is 16.9. The average molecular weight is 370 g/mol. The van der Waals surface area contributed by atoms with E-state index >= 15 is 0 Å². The molecule has 26 heavy (non-hydrogen) atoms. The molecule has 1 aliphatic heterocycles. The Morgan fingerprint density at radius 1 is 1.35 bits per heavy atom. The number of fused-ring (bicyclic) bond motifs is 1. The average Bonchev–Trinajstić information content (AvgIpc) is 3.10. The molecule has 134 valence electrons. The summed E-state index contributed by atoms with van der Waals surface area (Å²) in [5, 5.41) is 4.03. The molecule has 8 heteroatoms. The van der Waals surface area contributed by atoms with Crippen molar-refractivity contribution in [1.29, 1.82) is 0 Å². The summed E-state index contributed by atoms with van der Waals surface area (Å²) in [6.07, 6.45) is 3.22. The van der Waals surface area contributed by atoms with Gasteiger partial charge in [0.25, 0.3) is 5.56 Å². The van der Waals surface area contributed by atoms with E-state index in [0.29, 0.717) is 35.1 Å². The van der Waals surface area contributed by atoms with Crippen LogP contribution < -0.4 is 10.9 Å². The van der Waals surface area contributed by atoms with Crippen LogP contribution in [0.5, 0.6) is 0 Å². The number of aryl methyl sites for hydroxylation is 1. The van der Waals surface area contributed by atoms with Gasteiger partial charge in [-0.15, -0.1) is 0 Å². The van der Waals surface area contributed by atoms with Crippen molar-refractivity contribution in [3.63, 3.8) is 0 Å². The molecule has 0 unspecified atom stereocenters. The Labute approximate surface area is 153 Å². The van der Waals surface area contributed by atoms with Gasteiger partial charge in [-0.2, -0.15) is 0 Å². The number of thiazole rings is 1. The van der Waals surface area contributed by atoms with Crippen molar-refractivity contribution >= 4 is 33.3 Å². The van der Waals surface area contributed by atoms with E-state index < -0.39 is 0 Å². The van der Waals surface area contributed by atoms with E-state index in [1.165, 1.54) is 11.3 Å². The lowest BCUT2D eigenvalue weighted by Gasteiger charge is -2.20. The van der Waals surface area contributed by atoms with E-state index in [1.54, 1.807) is 19.2 Å². The van der Waals surface area contributed by atoms with Crippen LogP contribution >= 0.6 is 11.3 Å². The monoisotopic (exact) mass is 370 g/mol. The predicted molar refractivity (Wildman–Crippen MR) is 100 cm³/mol. The molecule has 0 radical (unpaired) electrons. The summed E-state index contributed by atoms with van der Waals surface area (Å²) in [4.78, 5) is 36.6. The van der Waals surface area contributed by atoms with Crippen molar-refractivity contribution in [2.45, 2.75) is 19.8 Å². The molecule has 1 saturated heterocycles. The van der Waals surface area contributed by atoms with E-state index in [4.69, 9.17) is 4.74 Å². The second kappa shape index (κ2) is 6.97.